The van der Waals surface area contributed by atoms with Gasteiger partial charge in [-0.05, 0) is 36.3 Å². The van der Waals surface area contributed by atoms with Gasteiger partial charge in [0.2, 0.25) is 0 Å². The fourth-order valence-corrected chi connectivity index (χ4v) is 3.09. The van der Waals surface area contributed by atoms with Crippen LogP contribution in [-0.4, -0.2) is 24.2 Å². The molecule has 1 aromatic carbocycles. The van der Waals surface area contributed by atoms with Crippen LogP contribution in [0.5, 0.6) is 5.75 Å². The van der Waals surface area contributed by atoms with Crippen LogP contribution < -0.4 is 10.1 Å². The van der Waals surface area contributed by atoms with Crippen LogP contribution in [0.15, 0.2) is 24.3 Å². The molecule has 1 aliphatic rings. The van der Waals surface area contributed by atoms with E-state index < -0.39 is 0 Å². The molecule has 1 aliphatic heterocycles. The zero-order valence-corrected chi connectivity index (χ0v) is 11.2. The lowest BCUT2D eigenvalue weighted by Gasteiger charge is -2.22. The molecular formula is C14H18N2OS. The van der Waals surface area contributed by atoms with Crippen LogP contribution >= 0.6 is 11.8 Å². The smallest absolute Gasteiger partial charge is 0.174 e. The maximum atomic E-state index is 8.42. The molecule has 0 aliphatic carbocycles. The third kappa shape index (κ3) is 4.25. The SMILES string of the molecule is N#CCOc1ccc(CNC2CCCSC2)cc1. The van der Waals surface area contributed by atoms with Crippen LogP contribution in [0.1, 0.15) is 18.4 Å². The Balaban J connectivity index is 1.77. The molecule has 0 amide bonds. The van der Waals surface area contributed by atoms with Crippen molar-refractivity contribution >= 4 is 11.8 Å². The quantitative estimate of drug-likeness (QED) is 0.886. The van der Waals surface area contributed by atoms with E-state index in [0.717, 1.165) is 12.3 Å². The molecular weight excluding hydrogens is 244 g/mol. The third-order valence-electron chi connectivity index (χ3n) is 2.98. The molecule has 0 radical (unpaired) electrons. The van der Waals surface area contributed by atoms with Crippen molar-refractivity contribution in [3.63, 3.8) is 0 Å². The first-order chi connectivity index (χ1) is 8.88. The Labute approximate surface area is 113 Å². The first-order valence-electron chi connectivity index (χ1n) is 6.28. The van der Waals surface area contributed by atoms with E-state index in [9.17, 15) is 0 Å². The van der Waals surface area contributed by atoms with E-state index in [4.69, 9.17) is 10.00 Å². The Hall–Kier alpha value is -1.18. The van der Waals surface area contributed by atoms with Gasteiger partial charge < -0.3 is 10.1 Å². The van der Waals surface area contributed by atoms with Gasteiger partial charge in [0.15, 0.2) is 6.61 Å². The molecule has 96 valence electrons. The fourth-order valence-electron chi connectivity index (χ4n) is 1.98. The lowest BCUT2D eigenvalue weighted by molar-refractivity contribution is 0.368. The monoisotopic (exact) mass is 262 g/mol. The van der Waals surface area contributed by atoms with Crippen LogP contribution in [0.2, 0.25) is 0 Å². The molecule has 1 fully saturated rings. The van der Waals surface area contributed by atoms with Gasteiger partial charge in [-0.3, -0.25) is 0 Å². The fraction of sp³-hybridized carbons (Fsp3) is 0.500. The minimum atomic E-state index is 0.108. The number of nitriles is 1. The molecule has 4 heteroatoms. The van der Waals surface area contributed by atoms with Crippen molar-refractivity contribution in [2.45, 2.75) is 25.4 Å². The molecule has 2 rings (SSSR count). The number of hydrogen-bond acceptors (Lipinski definition) is 4. The molecule has 0 saturated carbocycles. The molecule has 0 bridgehead atoms. The number of ether oxygens (including phenoxy) is 1. The summed E-state index contributed by atoms with van der Waals surface area (Å²) in [6.07, 6.45) is 2.61. The maximum Gasteiger partial charge on any atom is 0.174 e. The van der Waals surface area contributed by atoms with Gasteiger partial charge in [-0.15, -0.1) is 0 Å². The Morgan fingerprint density at radius 1 is 1.39 bits per heavy atom. The number of benzene rings is 1. The normalized spacial score (nSPS) is 19.2. The lowest BCUT2D eigenvalue weighted by atomic mass is 10.1. The minimum absolute atomic E-state index is 0.108. The van der Waals surface area contributed by atoms with Gasteiger partial charge in [-0.2, -0.15) is 17.0 Å². The van der Waals surface area contributed by atoms with E-state index in [1.807, 2.05) is 30.0 Å². The summed E-state index contributed by atoms with van der Waals surface area (Å²) in [4.78, 5) is 0. The summed E-state index contributed by atoms with van der Waals surface area (Å²) >= 11 is 2.04. The van der Waals surface area contributed by atoms with E-state index in [1.54, 1.807) is 0 Å². The predicted molar refractivity (Wildman–Crippen MR) is 74.7 cm³/mol. The van der Waals surface area contributed by atoms with E-state index in [2.05, 4.69) is 17.4 Å². The molecule has 1 saturated heterocycles. The third-order valence-corrected chi connectivity index (χ3v) is 4.20. The highest BCUT2D eigenvalue weighted by Gasteiger charge is 2.12. The molecule has 1 heterocycles. The standard InChI is InChI=1S/C14H18N2OS/c15-7-8-17-14-5-3-12(4-6-14)10-16-13-2-1-9-18-11-13/h3-6,13,16H,1-2,8-11H2. The van der Waals surface area contributed by atoms with E-state index >= 15 is 0 Å². The Morgan fingerprint density at radius 3 is 2.89 bits per heavy atom. The molecule has 1 aromatic rings. The molecule has 1 N–H and O–H groups in total. The van der Waals surface area contributed by atoms with Gasteiger partial charge in [0.1, 0.15) is 11.8 Å². The second kappa shape index (κ2) is 7.30. The number of hydrogen-bond donors (Lipinski definition) is 1. The second-order valence-corrected chi connectivity index (χ2v) is 5.54. The van der Waals surface area contributed by atoms with Gasteiger partial charge >= 0.3 is 0 Å². The summed E-state index contributed by atoms with van der Waals surface area (Å²) in [5.41, 5.74) is 1.26. The van der Waals surface area contributed by atoms with Gasteiger partial charge in [-0.1, -0.05) is 12.1 Å². The van der Waals surface area contributed by atoms with Crippen molar-refractivity contribution in [1.29, 1.82) is 5.26 Å². The summed E-state index contributed by atoms with van der Waals surface area (Å²) in [5, 5.41) is 12.0. The molecule has 3 nitrogen and oxygen atoms in total. The van der Waals surface area contributed by atoms with Crippen LogP contribution in [0, 0.1) is 11.3 Å². The average molecular weight is 262 g/mol. The van der Waals surface area contributed by atoms with E-state index in [0.29, 0.717) is 6.04 Å². The zero-order chi connectivity index (χ0) is 12.6. The van der Waals surface area contributed by atoms with Gasteiger partial charge in [0.05, 0.1) is 0 Å². The van der Waals surface area contributed by atoms with Crippen molar-refractivity contribution in [2.75, 3.05) is 18.1 Å². The molecule has 18 heavy (non-hydrogen) atoms. The van der Waals surface area contributed by atoms with Crippen molar-refractivity contribution in [2.24, 2.45) is 0 Å². The number of nitrogens with zero attached hydrogens (tertiary/aromatic N) is 1. The van der Waals surface area contributed by atoms with Crippen molar-refractivity contribution in [3.8, 4) is 11.8 Å². The van der Waals surface area contributed by atoms with Gasteiger partial charge in [0.25, 0.3) is 0 Å². The molecule has 0 spiro atoms. The zero-order valence-electron chi connectivity index (χ0n) is 10.4. The largest absolute Gasteiger partial charge is 0.479 e. The summed E-state index contributed by atoms with van der Waals surface area (Å²) in [7, 11) is 0. The average Bonchev–Trinajstić information content (AvgIpc) is 2.45. The predicted octanol–water partition coefficient (Wildman–Crippen LogP) is 2.57. The second-order valence-electron chi connectivity index (χ2n) is 4.39. The molecule has 1 unspecified atom stereocenters. The first kappa shape index (κ1) is 13.3. The molecule has 1 atom stereocenters. The first-order valence-corrected chi connectivity index (χ1v) is 7.44. The number of nitrogens with one attached hydrogen (secondary N) is 1. The minimum Gasteiger partial charge on any atom is -0.479 e. The molecule has 0 aromatic heterocycles. The Bertz CT molecular complexity index is 393. The maximum absolute atomic E-state index is 8.42. The summed E-state index contributed by atoms with van der Waals surface area (Å²) in [6.45, 7) is 1.01. The van der Waals surface area contributed by atoms with Crippen LogP contribution in [0.4, 0.5) is 0 Å². The highest BCUT2D eigenvalue weighted by Crippen LogP contribution is 2.18. The van der Waals surface area contributed by atoms with Crippen LogP contribution in [0.25, 0.3) is 0 Å². The summed E-state index contributed by atoms with van der Waals surface area (Å²) in [6, 6.07) is 10.6. The Kier molecular flexibility index (Phi) is 5.37. The van der Waals surface area contributed by atoms with Crippen LogP contribution in [0.3, 0.4) is 0 Å². The summed E-state index contributed by atoms with van der Waals surface area (Å²) < 4.78 is 5.22. The summed E-state index contributed by atoms with van der Waals surface area (Å²) in [5.74, 6) is 3.29. The highest BCUT2D eigenvalue weighted by molar-refractivity contribution is 7.99. The van der Waals surface area contributed by atoms with Crippen molar-refractivity contribution in [1.82, 2.24) is 5.32 Å². The van der Waals surface area contributed by atoms with Gasteiger partial charge in [-0.25, -0.2) is 0 Å². The highest BCUT2D eigenvalue weighted by atomic mass is 32.2. The number of rotatable bonds is 5. The van der Waals surface area contributed by atoms with Crippen molar-refractivity contribution < 1.29 is 4.74 Å². The van der Waals surface area contributed by atoms with E-state index in [1.165, 1.54) is 29.9 Å². The van der Waals surface area contributed by atoms with Crippen LogP contribution in [-0.2, 0) is 6.54 Å². The number of thioether (sulfide) groups is 1. The van der Waals surface area contributed by atoms with Gasteiger partial charge in [0, 0.05) is 18.3 Å². The Morgan fingerprint density at radius 2 is 2.22 bits per heavy atom. The van der Waals surface area contributed by atoms with E-state index in [-0.39, 0.29) is 6.61 Å². The lowest BCUT2D eigenvalue weighted by Crippen LogP contribution is -2.33. The topological polar surface area (TPSA) is 45.0 Å². The van der Waals surface area contributed by atoms with Crippen molar-refractivity contribution in [3.05, 3.63) is 29.8 Å².